The van der Waals surface area contributed by atoms with Crippen molar-refractivity contribution >= 4 is 0 Å². The molecule has 1 atom stereocenters. The van der Waals surface area contributed by atoms with E-state index in [1.54, 1.807) is 42.5 Å². The fraction of sp³-hybridized carbons (Fsp3) is 0.167. The topological polar surface area (TPSA) is 38.7 Å². The van der Waals surface area contributed by atoms with Crippen LogP contribution in [0.5, 0.6) is 11.5 Å². The Labute approximate surface area is 173 Å². The molecule has 0 aromatic heterocycles. The van der Waals surface area contributed by atoms with Crippen molar-refractivity contribution in [1.29, 1.82) is 0 Å². The lowest BCUT2D eigenvalue weighted by Crippen LogP contribution is -2.05. The second kappa shape index (κ2) is 9.50. The molecule has 0 amide bonds. The Kier molecular flexibility index (Phi) is 6.79. The monoisotopic (exact) mass is 414 g/mol. The molecular formula is C24H21F3O3. The Morgan fingerprint density at radius 2 is 1.63 bits per heavy atom. The van der Waals surface area contributed by atoms with Crippen LogP contribution in [0.2, 0.25) is 0 Å². The van der Waals surface area contributed by atoms with E-state index in [0.29, 0.717) is 22.6 Å². The third kappa shape index (κ3) is 4.83. The van der Waals surface area contributed by atoms with Gasteiger partial charge in [-0.25, -0.2) is 13.2 Å². The quantitative estimate of drug-likeness (QED) is 0.462. The molecule has 0 spiro atoms. The first-order valence-electron chi connectivity index (χ1n) is 9.32. The molecule has 30 heavy (non-hydrogen) atoms. The highest BCUT2D eigenvalue weighted by Gasteiger charge is 2.16. The summed E-state index contributed by atoms with van der Waals surface area (Å²) in [6.45, 7) is 5.01. The zero-order chi connectivity index (χ0) is 21.7. The van der Waals surface area contributed by atoms with E-state index < -0.39 is 23.6 Å². The molecule has 1 N–H and O–H groups in total. The summed E-state index contributed by atoms with van der Waals surface area (Å²) in [4.78, 5) is 0. The van der Waals surface area contributed by atoms with Crippen molar-refractivity contribution in [2.45, 2.75) is 19.6 Å². The standard InChI is InChI=1S/C24H21F3O3/c1-3-12-29-19-9-11-21(22(25)13-19)16-4-7-18(8-5-16)30-14-17-6-10-20(15(2)28)24(27)23(17)26/h3-11,13,15,28H,1,12,14H2,2H3. The highest BCUT2D eigenvalue weighted by Crippen LogP contribution is 2.28. The first-order valence-corrected chi connectivity index (χ1v) is 9.32. The number of aliphatic hydroxyl groups excluding tert-OH is 1. The van der Waals surface area contributed by atoms with E-state index in [1.807, 2.05) is 0 Å². The van der Waals surface area contributed by atoms with Gasteiger partial charge in [0.1, 0.15) is 30.5 Å². The summed E-state index contributed by atoms with van der Waals surface area (Å²) >= 11 is 0. The van der Waals surface area contributed by atoms with Gasteiger partial charge in [0.15, 0.2) is 11.6 Å². The highest BCUT2D eigenvalue weighted by molar-refractivity contribution is 5.65. The second-order valence-corrected chi connectivity index (χ2v) is 6.67. The molecule has 3 aromatic carbocycles. The fourth-order valence-electron chi connectivity index (χ4n) is 2.91. The molecule has 0 radical (unpaired) electrons. The van der Waals surface area contributed by atoms with Gasteiger partial charge in [0.05, 0.1) is 6.10 Å². The normalized spacial score (nSPS) is 11.8. The molecular weight excluding hydrogens is 393 g/mol. The second-order valence-electron chi connectivity index (χ2n) is 6.67. The van der Waals surface area contributed by atoms with E-state index in [0.717, 1.165) is 0 Å². The zero-order valence-corrected chi connectivity index (χ0v) is 16.4. The van der Waals surface area contributed by atoms with Gasteiger partial charge < -0.3 is 14.6 Å². The Morgan fingerprint density at radius 3 is 2.27 bits per heavy atom. The molecule has 3 rings (SSSR count). The van der Waals surface area contributed by atoms with Crippen LogP contribution in [0.3, 0.4) is 0 Å². The van der Waals surface area contributed by atoms with Gasteiger partial charge in [-0.15, -0.1) is 0 Å². The maximum absolute atomic E-state index is 14.4. The van der Waals surface area contributed by atoms with Crippen molar-refractivity contribution in [3.8, 4) is 22.6 Å². The number of halogens is 3. The number of hydrogen-bond donors (Lipinski definition) is 1. The maximum atomic E-state index is 14.4. The minimum absolute atomic E-state index is 0.0298. The first kappa shape index (κ1) is 21.5. The van der Waals surface area contributed by atoms with Crippen molar-refractivity contribution in [3.63, 3.8) is 0 Å². The fourth-order valence-corrected chi connectivity index (χ4v) is 2.91. The molecule has 156 valence electrons. The molecule has 3 nitrogen and oxygen atoms in total. The summed E-state index contributed by atoms with van der Waals surface area (Å²) < 4.78 is 53.3. The molecule has 1 unspecified atom stereocenters. The maximum Gasteiger partial charge on any atom is 0.165 e. The van der Waals surface area contributed by atoms with Gasteiger partial charge in [-0.05, 0) is 36.8 Å². The predicted molar refractivity (Wildman–Crippen MR) is 109 cm³/mol. The van der Waals surface area contributed by atoms with Crippen molar-refractivity contribution in [1.82, 2.24) is 0 Å². The van der Waals surface area contributed by atoms with Crippen LogP contribution >= 0.6 is 0 Å². The van der Waals surface area contributed by atoms with Crippen molar-refractivity contribution in [2.75, 3.05) is 6.61 Å². The van der Waals surface area contributed by atoms with Crippen LogP contribution in [0.25, 0.3) is 11.1 Å². The van der Waals surface area contributed by atoms with Gasteiger partial charge in [-0.2, -0.15) is 0 Å². The Balaban J connectivity index is 1.70. The number of ether oxygens (including phenoxy) is 2. The molecule has 0 aliphatic rings. The van der Waals surface area contributed by atoms with Crippen LogP contribution in [0, 0.1) is 17.5 Å². The van der Waals surface area contributed by atoms with Crippen LogP contribution in [0.15, 0.2) is 67.3 Å². The van der Waals surface area contributed by atoms with Crippen LogP contribution < -0.4 is 9.47 Å². The van der Waals surface area contributed by atoms with Crippen LogP contribution in [-0.2, 0) is 6.61 Å². The minimum Gasteiger partial charge on any atom is -0.489 e. The Bertz CT molecular complexity index is 1030. The van der Waals surface area contributed by atoms with Gasteiger partial charge >= 0.3 is 0 Å². The molecule has 6 heteroatoms. The first-order chi connectivity index (χ1) is 14.4. The summed E-state index contributed by atoms with van der Waals surface area (Å²) in [5, 5.41) is 9.45. The predicted octanol–water partition coefficient (Wildman–Crippen LogP) is 5.97. The van der Waals surface area contributed by atoms with E-state index in [-0.39, 0.29) is 24.3 Å². The largest absolute Gasteiger partial charge is 0.489 e. The lowest BCUT2D eigenvalue weighted by atomic mass is 10.0. The van der Waals surface area contributed by atoms with E-state index in [9.17, 15) is 18.3 Å². The average Bonchev–Trinajstić information content (AvgIpc) is 2.73. The number of benzene rings is 3. The van der Waals surface area contributed by atoms with Crippen molar-refractivity contribution in [2.24, 2.45) is 0 Å². The third-order valence-electron chi connectivity index (χ3n) is 4.51. The average molecular weight is 414 g/mol. The van der Waals surface area contributed by atoms with E-state index in [4.69, 9.17) is 9.47 Å². The lowest BCUT2D eigenvalue weighted by Gasteiger charge is -2.12. The zero-order valence-electron chi connectivity index (χ0n) is 16.4. The number of rotatable bonds is 8. The summed E-state index contributed by atoms with van der Waals surface area (Å²) in [6, 6.07) is 13.9. The summed E-state index contributed by atoms with van der Waals surface area (Å²) in [6.07, 6.45) is 0.469. The van der Waals surface area contributed by atoms with Crippen LogP contribution in [0.4, 0.5) is 13.2 Å². The van der Waals surface area contributed by atoms with Gasteiger partial charge in [-0.1, -0.05) is 36.9 Å². The highest BCUT2D eigenvalue weighted by atomic mass is 19.2. The smallest absolute Gasteiger partial charge is 0.165 e. The van der Waals surface area contributed by atoms with Crippen molar-refractivity contribution < 1.29 is 27.8 Å². The van der Waals surface area contributed by atoms with Crippen LogP contribution in [0.1, 0.15) is 24.2 Å². The van der Waals surface area contributed by atoms with Crippen LogP contribution in [-0.4, -0.2) is 11.7 Å². The number of hydrogen-bond acceptors (Lipinski definition) is 3. The molecule has 0 aliphatic carbocycles. The van der Waals surface area contributed by atoms with E-state index in [1.165, 1.54) is 25.1 Å². The minimum atomic E-state index is -1.11. The van der Waals surface area contributed by atoms with Gasteiger partial charge in [0.2, 0.25) is 0 Å². The molecule has 3 aromatic rings. The van der Waals surface area contributed by atoms with E-state index in [2.05, 4.69) is 6.58 Å². The molecule has 0 fully saturated rings. The summed E-state index contributed by atoms with van der Waals surface area (Å²) in [5.41, 5.74) is 0.952. The molecule has 0 saturated carbocycles. The number of aliphatic hydroxyl groups is 1. The summed E-state index contributed by atoms with van der Waals surface area (Å²) in [5.74, 6) is -1.74. The third-order valence-corrected chi connectivity index (χ3v) is 4.51. The van der Waals surface area contributed by atoms with Gasteiger partial charge in [0.25, 0.3) is 0 Å². The van der Waals surface area contributed by atoms with Gasteiger partial charge in [-0.3, -0.25) is 0 Å². The van der Waals surface area contributed by atoms with E-state index >= 15 is 0 Å². The molecule has 0 aliphatic heterocycles. The van der Waals surface area contributed by atoms with Gasteiger partial charge in [0, 0.05) is 22.8 Å². The SMILES string of the molecule is C=CCOc1ccc(-c2ccc(OCc3ccc(C(C)O)c(F)c3F)cc2)c(F)c1. The summed E-state index contributed by atoms with van der Waals surface area (Å²) in [7, 11) is 0. The molecule has 0 heterocycles. The Hall–Kier alpha value is -3.25. The molecule has 0 bridgehead atoms. The molecule has 0 saturated heterocycles. The Morgan fingerprint density at radius 1 is 0.933 bits per heavy atom. The lowest BCUT2D eigenvalue weighted by molar-refractivity contribution is 0.192. The van der Waals surface area contributed by atoms with Crippen molar-refractivity contribution in [3.05, 3.63) is 95.8 Å².